The van der Waals surface area contributed by atoms with Crippen LogP contribution >= 0.6 is 0 Å². The van der Waals surface area contributed by atoms with Crippen LogP contribution in [0.5, 0.6) is 0 Å². The minimum atomic E-state index is -2.50. The topological polar surface area (TPSA) is 94.8 Å². The normalized spacial score (nSPS) is 30.8. The highest BCUT2D eigenvalue weighted by molar-refractivity contribution is 6.10. The predicted octanol–water partition coefficient (Wildman–Crippen LogP) is 2.67. The summed E-state index contributed by atoms with van der Waals surface area (Å²) >= 11 is 0. The van der Waals surface area contributed by atoms with Gasteiger partial charge in [-0.25, -0.2) is 4.79 Å². The molecule has 5 heteroatoms. The molecule has 5 nitrogen and oxygen atoms in total. The van der Waals surface area contributed by atoms with E-state index in [4.69, 9.17) is 0 Å². The number of hydrogen-bond donors (Lipinski definition) is 3. The maximum atomic E-state index is 12.7. The van der Waals surface area contributed by atoms with Crippen LogP contribution in [-0.4, -0.2) is 38.3 Å². The standard InChI is InChI=1S/C17H30O5/c1-3-16(21,15(19)20)14(18)17(22)12-10-8-6-4-5-7-9-11-13(17)2/h13,21-22H,3-12H2,1-2H3,(H,19,20). The van der Waals surface area contributed by atoms with Crippen LogP contribution in [0.15, 0.2) is 0 Å². The molecule has 0 aromatic carbocycles. The minimum Gasteiger partial charge on any atom is -0.479 e. The monoisotopic (exact) mass is 314 g/mol. The van der Waals surface area contributed by atoms with Crippen LogP contribution in [0.3, 0.4) is 0 Å². The number of carbonyl (C=O) groups is 2. The highest BCUT2D eigenvalue weighted by Gasteiger charge is 2.54. The van der Waals surface area contributed by atoms with Gasteiger partial charge in [-0.2, -0.15) is 0 Å². The Morgan fingerprint density at radius 2 is 1.59 bits per heavy atom. The fourth-order valence-corrected chi connectivity index (χ4v) is 3.32. The van der Waals surface area contributed by atoms with E-state index < -0.39 is 23.0 Å². The molecule has 0 spiro atoms. The number of Topliss-reactive ketones (excluding diaryl/α,β-unsaturated/α-hetero) is 1. The quantitative estimate of drug-likeness (QED) is 0.693. The van der Waals surface area contributed by atoms with E-state index in [2.05, 4.69) is 0 Å². The van der Waals surface area contributed by atoms with E-state index in [0.717, 1.165) is 38.5 Å². The Bertz CT molecular complexity index is 395. The smallest absolute Gasteiger partial charge is 0.343 e. The first kappa shape index (κ1) is 19.1. The van der Waals surface area contributed by atoms with Crippen LogP contribution < -0.4 is 0 Å². The van der Waals surface area contributed by atoms with E-state index >= 15 is 0 Å². The zero-order chi connectivity index (χ0) is 16.8. The lowest BCUT2D eigenvalue weighted by Gasteiger charge is -2.37. The van der Waals surface area contributed by atoms with Gasteiger partial charge in [0.1, 0.15) is 5.60 Å². The van der Waals surface area contributed by atoms with Crippen molar-refractivity contribution in [2.75, 3.05) is 0 Å². The molecule has 3 N–H and O–H groups in total. The second kappa shape index (κ2) is 8.06. The summed E-state index contributed by atoms with van der Waals surface area (Å²) < 4.78 is 0. The molecule has 0 amide bonds. The van der Waals surface area contributed by atoms with Crippen LogP contribution in [0.2, 0.25) is 0 Å². The fraction of sp³-hybridized carbons (Fsp3) is 0.882. The van der Waals surface area contributed by atoms with Gasteiger partial charge in [-0.1, -0.05) is 58.8 Å². The van der Waals surface area contributed by atoms with Crippen molar-refractivity contribution in [3.05, 3.63) is 0 Å². The van der Waals surface area contributed by atoms with Gasteiger partial charge in [-0.15, -0.1) is 0 Å². The first-order valence-corrected chi connectivity index (χ1v) is 8.52. The second-order valence-electron chi connectivity index (χ2n) is 6.69. The molecule has 22 heavy (non-hydrogen) atoms. The summed E-state index contributed by atoms with van der Waals surface area (Å²) in [5, 5.41) is 30.4. The van der Waals surface area contributed by atoms with Crippen molar-refractivity contribution in [2.24, 2.45) is 5.92 Å². The third kappa shape index (κ3) is 4.07. The maximum Gasteiger partial charge on any atom is 0.343 e. The van der Waals surface area contributed by atoms with Crippen molar-refractivity contribution < 1.29 is 24.9 Å². The van der Waals surface area contributed by atoms with Gasteiger partial charge in [0.05, 0.1) is 0 Å². The first-order valence-electron chi connectivity index (χ1n) is 8.52. The maximum absolute atomic E-state index is 12.7. The van der Waals surface area contributed by atoms with Crippen molar-refractivity contribution in [3.8, 4) is 0 Å². The zero-order valence-corrected chi connectivity index (χ0v) is 13.8. The molecular weight excluding hydrogens is 284 g/mol. The lowest BCUT2D eigenvalue weighted by molar-refractivity contribution is -0.179. The average molecular weight is 314 g/mol. The highest BCUT2D eigenvalue weighted by atomic mass is 16.4. The molecule has 0 heterocycles. The number of aliphatic carboxylic acids is 1. The molecule has 1 aliphatic carbocycles. The fourth-order valence-electron chi connectivity index (χ4n) is 3.32. The van der Waals surface area contributed by atoms with E-state index in [-0.39, 0.29) is 18.8 Å². The molecule has 3 atom stereocenters. The Morgan fingerprint density at radius 1 is 1.09 bits per heavy atom. The Kier molecular flexibility index (Phi) is 7.00. The van der Waals surface area contributed by atoms with Crippen LogP contribution in [0.1, 0.15) is 78.1 Å². The van der Waals surface area contributed by atoms with Crippen molar-refractivity contribution in [3.63, 3.8) is 0 Å². The van der Waals surface area contributed by atoms with Crippen molar-refractivity contribution in [1.82, 2.24) is 0 Å². The van der Waals surface area contributed by atoms with Gasteiger partial charge in [-0.3, -0.25) is 4.79 Å². The molecule has 3 unspecified atom stereocenters. The number of carbonyl (C=O) groups excluding carboxylic acids is 1. The molecule has 0 bridgehead atoms. The third-order valence-electron chi connectivity index (χ3n) is 5.14. The van der Waals surface area contributed by atoms with E-state index in [0.29, 0.717) is 12.8 Å². The summed E-state index contributed by atoms with van der Waals surface area (Å²) in [6.45, 7) is 3.24. The summed E-state index contributed by atoms with van der Waals surface area (Å²) in [7, 11) is 0. The van der Waals surface area contributed by atoms with E-state index in [1.165, 1.54) is 6.92 Å². The largest absolute Gasteiger partial charge is 0.479 e. The molecule has 0 aromatic heterocycles. The van der Waals surface area contributed by atoms with Crippen LogP contribution in [0, 0.1) is 5.92 Å². The molecule has 0 radical (unpaired) electrons. The Balaban J connectivity index is 3.04. The molecule has 1 saturated carbocycles. The van der Waals surface area contributed by atoms with Gasteiger partial charge < -0.3 is 15.3 Å². The predicted molar refractivity (Wildman–Crippen MR) is 83.6 cm³/mol. The molecule has 128 valence electrons. The molecule has 0 aliphatic heterocycles. The highest BCUT2D eigenvalue weighted by Crippen LogP contribution is 2.35. The van der Waals surface area contributed by atoms with E-state index in [1.807, 2.05) is 0 Å². The Morgan fingerprint density at radius 3 is 2.09 bits per heavy atom. The molecule has 1 aliphatic rings. The third-order valence-corrected chi connectivity index (χ3v) is 5.14. The second-order valence-corrected chi connectivity index (χ2v) is 6.69. The molecule has 0 aromatic rings. The SMILES string of the molecule is CCC(O)(C(=O)O)C(=O)C1(O)CCCCCCCCCC1C. The summed E-state index contributed by atoms with van der Waals surface area (Å²) in [6, 6.07) is 0. The van der Waals surface area contributed by atoms with E-state index in [1.54, 1.807) is 6.92 Å². The number of carboxylic acids is 1. The number of aliphatic hydroxyl groups is 2. The number of ketones is 1. The average Bonchev–Trinajstić information content (AvgIpc) is 2.53. The number of hydrogen-bond acceptors (Lipinski definition) is 4. The van der Waals surface area contributed by atoms with Gasteiger partial charge >= 0.3 is 5.97 Å². The van der Waals surface area contributed by atoms with Crippen molar-refractivity contribution in [2.45, 2.75) is 89.3 Å². The zero-order valence-electron chi connectivity index (χ0n) is 13.8. The first-order chi connectivity index (χ1) is 10.3. The summed E-state index contributed by atoms with van der Waals surface area (Å²) in [5.41, 5.74) is -4.25. The molecule has 1 fully saturated rings. The lowest BCUT2D eigenvalue weighted by atomic mass is 9.72. The summed E-state index contributed by atoms with van der Waals surface area (Å²) in [4.78, 5) is 24.0. The summed E-state index contributed by atoms with van der Waals surface area (Å²) in [6.07, 6.45) is 7.60. The van der Waals surface area contributed by atoms with Crippen LogP contribution in [-0.2, 0) is 9.59 Å². The Hall–Kier alpha value is -0.940. The van der Waals surface area contributed by atoms with E-state index in [9.17, 15) is 24.9 Å². The molecule has 0 saturated heterocycles. The Labute approximate surface area is 132 Å². The van der Waals surface area contributed by atoms with Gasteiger partial charge in [-0.05, 0) is 25.2 Å². The van der Waals surface area contributed by atoms with Gasteiger partial charge in [0.15, 0.2) is 0 Å². The van der Waals surface area contributed by atoms with Gasteiger partial charge in [0.25, 0.3) is 0 Å². The van der Waals surface area contributed by atoms with Crippen molar-refractivity contribution >= 4 is 11.8 Å². The van der Waals surface area contributed by atoms with Crippen LogP contribution in [0.4, 0.5) is 0 Å². The minimum absolute atomic E-state index is 0.225. The summed E-state index contributed by atoms with van der Waals surface area (Å²) in [5.74, 6) is -2.87. The van der Waals surface area contributed by atoms with Crippen molar-refractivity contribution in [1.29, 1.82) is 0 Å². The lowest BCUT2D eigenvalue weighted by Crippen LogP contribution is -2.59. The molecular formula is C17H30O5. The van der Waals surface area contributed by atoms with Crippen LogP contribution in [0.25, 0.3) is 0 Å². The van der Waals surface area contributed by atoms with Gasteiger partial charge in [0, 0.05) is 0 Å². The molecule has 1 rings (SSSR count). The van der Waals surface area contributed by atoms with Gasteiger partial charge in [0.2, 0.25) is 11.4 Å². The number of rotatable bonds is 4. The number of carboxylic acid groups (broad SMARTS) is 1.